The maximum Gasteiger partial charge on any atom is 0.275 e. The number of aliphatic hydroxyl groups is 1. The van der Waals surface area contributed by atoms with Crippen LogP contribution in [0.3, 0.4) is 0 Å². The number of aryl methyl sites for hydroxylation is 1. The zero-order chi connectivity index (χ0) is 24.9. The third-order valence-corrected chi connectivity index (χ3v) is 6.16. The highest BCUT2D eigenvalue weighted by Gasteiger charge is 2.26. The molecule has 0 unspecified atom stereocenters. The van der Waals surface area contributed by atoms with Crippen LogP contribution in [-0.2, 0) is 12.1 Å². The molecule has 5 rings (SSSR count). The van der Waals surface area contributed by atoms with Gasteiger partial charge in [0, 0.05) is 29.9 Å². The molecule has 10 heteroatoms. The largest absolute Gasteiger partial charge is 0.384 e. The van der Waals surface area contributed by atoms with Gasteiger partial charge in [-0.2, -0.15) is 5.10 Å². The molecule has 0 saturated heterocycles. The van der Waals surface area contributed by atoms with Gasteiger partial charge in [0.25, 0.3) is 11.8 Å². The van der Waals surface area contributed by atoms with Crippen molar-refractivity contribution >= 4 is 28.7 Å². The van der Waals surface area contributed by atoms with Crippen LogP contribution in [0.2, 0.25) is 0 Å². The van der Waals surface area contributed by atoms with Crippen LogP contribution in [0.25, 0.3) is 11.0 Å². The Kier molecular flexibility index (Phi) is 5.40. The van der Waals surface area contributed by atoms with E-state index in [-0.39, 0.29) is 23.6 Å². The molecule has 4 aromatic heterocycles. The predicted molar refractivity (Wildman–Crippen MR) is 130 cm³/mol. The second kappa shape index (κ2) is 8.31. The number of fused-ring (bicyclic) bond motifs is 3. The molecular weight excluding hydrogens is 446 g/mol. The van der Waals surface area contributed by atoms with E-state index in [0.29, 0.717) is 35.9 Å². The summed E-state index contributed by atoms with van der Waals surface area (Å²) in [6, 6.07) is 10.8. The highest BCUT2D eigenvalue weighted by atomic mass is 16.3. The minimum atomic E-state index is -1.00. The first-order valence-electron chi connectivity index (χ1n) is 11.4. The first kappa shape index (κ1) is 22.7. The second-order valence-corrected chi connectivity index (χ2v) is 9.46. The Morgan fingerprint density at radius 1 is 1.26 bits per heavy atom. The number of carbonyl (C=O) groups is 2. The number of hydrogen-bond donors (Lipinski definition) is 3. The van der Waals surface area contributed by atoms with E-state index in [1.165, 1.54) is 0 Å². The number of amides is 2. The van der Waals surface area contributed by atoms with Gasteiger partial charge >= 0.3 is 0 Å². The van der Waals surface area contributed by atoms with E-state index in [4.69, 9.17) is 0 Å². The van der Waals surface area contributed by atoms with E-state index < -0.39 is 5.60 Å². The maximum atomic E-state index is 13.0. The van der Waals surface area contributed by atoms with Crippen LogP contribution >= 0.6 is 0 Å². The number of rotatable bonds is 5. The van der Waals surface area contributed by atoms with E-state index in [2.05, 4.69) is 25.7 Å². The van der Waals surface area contributed by atoms with Gasteiger partial charge in [0.05, 0.1) is 18.3 Å². The fourth-order valence-electron chi connectivity index (χ4n) is 4.23. The lowest BCUT2D eigenvalue weighted by atomic mass is 10.0. The number of nitrogens with one attached hydrogen (secondary N) is 2. The molecule has 0 saturated carbocycles. The monoisotopic (exact) mass is 473 g/mol. The fourth-order valence-corrected chi connectivity index (χ4v) is 4.23. The van der Waals surface area contributed by atoms with Gasteiger partial charge in [0.2, 0.25) is 0 Å². The number of anilines is 1. The zero-order valence-electron chi connectivity index (χ0n) is 20.0. The first-order valence-corrected chi connectivity index (χ1v) is 11.4. The van der Waals surface area contributed by atoms with E-state index >= 15 is 0 Å². The van der Waals surface area contributed by atoms with Crippen molar-refractivity contribution < 1.29 is 14.7 Å². The number of nitrogens with zero attached hydrogens (tertiary/aromatic N) is 5. The minimum absolute atomic E-state index is 0.0383. The average Bonchev–Trinajstić information content (AvgIpc) is 3.36. The van der Waals surface area contributed by atoms with Crippen molar-refractivity contribution in [1.82, 2.24) is 29.6 Å². The number of aromatic nitrogens is 5. The van der Waals surface area contributed by atoms with Gasteiger partial charge in [0.1, 0.15) is 22.6 Å². The Morgan fingerprint density at radius 2 is 2.06 bits per heavy atom. The molecule has 3 N–H and O–H groups in total. The molecule has 0 bridgehead atoms. The van der Waals surface area contributed by atoms with Gasteiger partial charge in [0.15, 0.2) is 5.82 Å². The molecule has 0 aromatic carbocycles. The van der Waals surface area contributed by atoms with Crippen LogP contribution in [0.5, 0.6) is 0 Å². The summed E-state index contributed by atoms with van der Waals surface area (Å²) in [5.41, 5.74) is 2.78. The van der Waals surface area contributed by atoms with E-state index in [1.807, 2.05) is 24.5 Å². The van der Waals surface area contributed by atoms with Crippen molar-refractivity contribution in [3.63, 3.8) is 0 Å². The third-order valence-electron chi connectivity index (χ3n) is 6.16. The standard InChI is InChI=1S/C25H27N7O3/c1-14-9-21(30-31(14)13-16-5-8-20(26-12-16)25(3,4)35)29-23(33)18-7-6-17-10-19-24(34)27-11-15(2)32(19)22(17)28-18/h5-10,12,15,35H,11,13H2,1-4H3,(H,27,34)(H,29,30,33)/t15-/m1/s1. The molecular formula is C25H27N7O3. The van der Waals surface area contributed by atoms with Crippen molar-refractivity contribution in [1.29, 1.82) is 0 Å². The normalized spacial score (nSPS) is 15.7. The van der Waals surface area contributed by atoms with Crippen LogP contribution in [-0.4, -0.2) is 47.8 Å². The Morgan fingerprint density at radius 3 is 2.77 bits per heavy atom. The van der Waals surface area contributed by atoms with Gasteiger partial charge in [-0.15, -0.1) is 0 Å². The van der Waals surface area contributed by atoms with Gasteiger partial charge < -0.3 is 20.3 Å². The molecule has 10 nitrogen and oxygen atoms in total. The lowest BCUT2D eigenvalue weighted by Gasteiger charge is -2.23. The SMILES string of the molecule is Cc1cc(NC(=O)c2ccc3cc4n(c3n2)[C@H](C)CNC4=O)nn1Cc1ccc(C(C)(C)O)nc1. The van der Waals surface area contributed by atoms with Crippen LogP contribution in [0, 0.1) is 6.92 Å². The smallest absolute Gasteiger partial charge is 0.275 e. The van der Waals surface area contributed by atoms with Crippen molar-refractivity contribution in [3.05, 3.63) is 70.9 Å². The number of pyridine rings is 2. The summed E-state index contributed by atoms with van der Waals surface area (Å²) in [5, 5.41) is 21.1. The molecule has 0 aliphatic carbocycles. The Hall–Kier alpha value is -4.05. The molecule has 2 amide bonds. The summed E-state index contributed by atoms with van der Waals surface area (Å²) >= 11 is 0. The Balaban J connectivity index is 1.35. The van der Waals surface area contributed by atoms with E-state index in [1.54, 1.807) is 55.1 Å². The lowest BCUT2D eigenvalue weighted by molar-refractivity contribution is 0.0738. The molecule has 1 atom stereocenters. The Labute approximate surface area is 202 Å². The minimum Gasteiger partial charge on any atom is -0.384 e. The van der Waals surface area contributed by atoms with Crippen molar-refractivity contribution in [2.24, 2.45) is 0 Å². The quantitative estimate of drug-likeness (QED) is 0.409. The highest BCUT2D eigenvalue weighted by molar-refractivity contribution is 6.04. The number of hydrogen-bond acceptors (Lipinski definition) is 6. The molecule has 5 heterocycles. The van der Waals surface area contributed by atoms with Crippen molar-refractivity contribution in [2.75, 3.05) is 11.9 Å². The Bertz CT molecular complexity index is 1440. The third kappa shape index (κ3) is 4.28. The second-order valence-electron chi connectivity index (χ2n) is 9.46. The van der Waals surface area contributed by atoms with Gasteiger partial charge in [-0.25, -0.2) is 4.98 Å². The van der Waals surface area contributed by atoms with Crippen LogP contribution in [0.4, 0.5) is 5.82 Å². The molecule has 35 heavy (non-hydrogen) atoms. The first-order chi connectivity index (χ1) is 16.6. The highest BCUT2D eigenvalue weighted by Crippen LogP contribution is 2.26. The molecule has 0 fully saturated rings. The molecule has 1 aliphatic rings. The van der Waals surface area contributed by atoms with Crippen molar-refractivity contribution in [3.8, 4) is 0 Å². The van der Waals surface area contributed by atoms with Gasteiger partial charge in [-0.3, -0.25) is 19.3 Å². The van der Waals surface area contributed by atoms with E-state index in [0.717, 1.165) is 16.6 Å². The summed E-state index contributed by atoms with van der Waals surface area (Å²) < 4.78 is 3.65. The van der Waals surface area contributed by atoms with Crippen LogP contribution in [0.15, 0.2) is 42.6 Å². The maximum absolute atomic E-state index is 13.0. The average molecular weight is 474 g/mol. The molecule has 4 aromatic rings. The fraction of sp³-hybridized carbons (Fsp3) is 0.320. The van der Waals surface area contributed by atoms with Gasteiger partial charge in [-0.1, -0.05) is 6.07 Å². The van der Waals surface area contributed by atoms with Crippen molar-refractivity contribution in [2.45, 2.75) is 45.9 Å². The lowest BCUT2D eigenvalue weighted by Crippen LogP contribution is -2.37. The summed E-state index contributed by atoms with van der Waals surface area (Å²) in [4.78, 5) is 34.1. The van der Waals surface area contributed by atoms with E-state index in [9.17, 15) is 14.7 Å². The summed E-state index contributed by atoms with van der Waals surface area (Å²) in [6.07, 6.45) is 1.71. The predicted octanol–water partition coefficient (Wildman–Crippen LogP) is 2.77. The molecule has 0 radical (unpaired) electrons. The number of carbonyl (C=O) groups excluding carboxylic acids is 2. The van der Waals surface area contributed by atoms with Crippen LogP contribution in [0.1, 0.15) is 64.7 Å². The summed E-state index contributed by atoms with van der Waals surface area (Å²) in [6.45, 7) is 8.28. The van der Waals surface area contributed by atoms with Gasteiger partial charge in [-0.05, 0) is 57.5 Å². The summed E-state index contributed by atoms with van der Waals surface area (Å²) in [7, 11) is 0. The van der Waals surface area contributed by atoms with Crippen LogP contribution < -0.4 is 10.6 Å². The topological polar surface area (TPSA) is 127 Å². The summed E-state index contributed by atoms with van der Waals surface area (Å²) in [5.74, 6) is -0.102. The molecule has 180 valence electrons. The molecule has 1 aliphatic heterocycles. The zero-order valence-corrected chi connectivity index (χ0v) is 20.0. The molecule has 0 spiro atoms.